The summed E-state index contributed by atoms with van der Waals surface area (Å²) in [5.74, 6) is -1.12. The van der Waals surface area contributed by atoms with Gasteiger partial charge in [0.1, 0.15) is 0 Å². The van der Waals surface area contributed by atoms with Crippen LogP contribution in [0, 0.1) is 6.92 Å². The van der Waals surface area contributed by atoms with Crippen molar-refractivity contribution in [1.29, 1.82) is 0 Å². The molecule has 5 aromatic rings. The summed E-state index contributed by atoms with van der Waals surface area (Å²) in [4.78, 5) is 21.6. The predicted octanol–water partition coefficient (Wildman–Crippen LogP) is 6.19. The molecule has 6 rings (SSSR count). The Kier molecular flexibility index (Phi) is 4.96. The molecule has 8 nitrogen and oxygen atoms in total. The van der Waals surface area contributed by atoms with Crippen LogP contribution in [0.25, 0.3) is 33.2 Å². The second-order valence-electron chi connectivity index (χ2n) is 7.72. The van der Waals surface area contributed by atoms with Gasteiger partial charge in [-0.25, -0.2) is 19.3 Å². The number of fused-ring (bicyclic) bond motifs is 4. The van der Waals surface area contributed by atoms with E-state index in [0.29, 0.717) is 37.6 Å². The SMILES string of the molecule is Cc1nn(-c2nc3c(s2)SC(C)c2cc(Cl)c(Cl)cc2-3)c(C(=O)O)c1-c1cnn2cccnc12. The van der Waals surface area contributed by atoms with Gasteiger partial charge in [-0.3, -0.25) is 0 Å². The molecule has 0 saturated heterocycles. The van der Waals surface area contributed by atoms with Gasteiger partial charge in [-0.15, -0.1) is 11.8 Å². The summed E-state index contributed by atoms with van der Waals surface area (Å²) >= 11 is 15.6. The molecule has 0 fully saturated rings. The highest BCUT2D eigenvalue weighted by molar-refractivity contribution is 8.01. The maximum Gasteiger partial charge on any atom is 0.355 e. The zero-order chi connectivity index (χ0) is 23.7. The van der Waals surface area contributed by atoms with Crippen LogP contribution in [-0.2, 0) is 0 Å². The van der Waals surface area contributed by atoms with E-state index in [-0.39, 0.29) is 10.9 Å². The van der Waals surface area contributed by atoms with Crippen LogP contribution in [0.3, 0.4) is 0 Å². The van der Waals surface area contributed by atoms with Gasteiger partial charge in [0.25, 0.3) is 0 Å². The third-order valence-electron chi connectivity index (χ3n) is 5.65. The first-order valence-electron chi connectivity index (χ1n) is 10.1. The van der Waals surface area contributed by atoms with Crippen molar-refractivity contribution in [2.24, 2.45) is 0 Å². The van der Waals surface area contributed by atoms with Crippen LogP contribution in [0.4, 0.5) is 0 Å². The quantitative estimate of drug-likeness (QED) is 0.298. The number of carboxylic acids is 1. The minimum atomic E-state index is -1.12. The number of carbonyl (C=O) groups is 1. The lowest BCUT2D eigenvalue weighted by molar-refractivity contribution is 0.0688. The third-order valence-corrected chi connectivity index (χ3v) is 8.75. The zero-order valence-corrected chi connectivity index (χ0v) is 20.8. The fourth-order valence-corrected chi connectivity index (χ4v) is 7.02. The Bertz CT molecular complexity index is 1640. The molecule has 4 aromatic heterocycles. The van der Waals surface area contributed by atoms with Crippen LogP contribution in [0.15, 0.2) is 41.0 Å². The number of aryl methyl sites for hydroxylation is 1. The Labute approximate surface area is 211 Å². The number of benzene rings is 1. The lowest BCUT2D eigenvalue weighted by atomic mass is 10.0. The molecule has 170 valence electrons. The van der Waals surface area contributed by atoms with Crippen molar-refractivity contribution in [2.45, 2.75) is 23.3 Å². The number of thioether (sulfide) groups is 1. The molecule has 34 heavy (non-hydrogen) atoms. The van der Waals surface area contributed by atoms with Crippen LogP contribution in [0.5, 0.6) is 0 Å². The van der Waals surface area contributed by atoms with Gasteiger partial charge in [0, 0.05) is 28.8 Å². The topological polar surface area (TPSA) is 98.2 Å². The molecular formula is C22H14Cl2N6O2S2. The first-order valence-corrected chi connectivity index (χ1v) is 12.6. The van der Waals surface area contributed by atoms with E-state index in [9.17, 15) is 9.90 Å². The molecule has 0 saturated carbocycles. The largest absolute Gasteiger partial charge is 0.476 e. The van der Waals surface area contributed by atoms with E-state index in [1.54, 1.807) is 47.9 Å². The van der Waals surface area contributed by atoms with E-state index in [4.69, 9.17) is 28.2 Å². The van der Waals surface area contributed by atoms with Gasteiger partial charge >= 0.3 is 5.97 Å². The van der Waals surface area contributed by atoms with E-state index < -0.39 is 5.97 Å². The van der Waals surface area contributed by atoms with E-state index in [1.807, 2.05) is 12.1 Å². The standard InChI is InChI=1S/C22H14Cl2N6O2S2/c1-9-16(13-8-26-29-5-3-4-25-19(13)29)18(20(31)32)30(28-9)22-27-17-12-7-15(24)14(23)6-11(12)10(2)33-21(17)34-22/h3-8,10H,1-2H3,(H,31,32). The van der Waals surface area contributed by atoms with Crippen molar-refractivity contribution in [3.63, 3.8) is 0 Å². The number of hydrogen-bond acceptors (Lipinski definition) is 7. The van der Waals surface area contributed by atoms with Gasteiger partial charge in [0.05, 0.1) is 37.4 Å². The molecule has 12 heteroatoms. The Morgan fingerprint density at radius 3 is 2.79 bits per heavy atom. The van der Waals surface area contributed by atoms with Crippen molar-refractivity contribution in [1.82, 2.24) is 29.4 Å². The normalized spacial score (nSPS) is 14.9. The molecule has 1 unspecified atom stereocenters. The average molecular weight is 529 g/mol. The third kappa shape index (κ3) is 3.17. The first-order chi connectivity index (χ1) is 16.3. The van der Waals surface area contributed by atoms with Crippen molar-refractivity contribution >= 4 is 57.9 Å². The molecule has 0 amide bonds. The Balaban J connectivity index is 1.56. The Morgan fingerprint density at radius 2 is 2.00 bits per heavy atom. The van der Waals surface area contributed by atoms with Crippen molar-refractivity contribution in [3.05, 3.63) is 63.8 Å². The van der Waals surface area contributed by atoms with Crippen molar-refractivity contribution in [3.8, 4) is 27.5 Å². The summed E-state index contributed by atoms with van der Waals surface area (Å²) in [6.45, 7) is 3.86. The second-order valence-corrected chi connectivity index (χ2v) is 11.1. The summed E-state index contributed by atoms with van der Waals surface area (Å²) < 4.78 is 3.96. The molecule has 0 bridgehead atoms. The van der Waals surface area contributed by atoms with Crippen LogP contribution in [-0.4, -0.2) is 40.4 Å². The maximum atomic E-state index is 12.5. The van der Waals surface area contributed by atoms with Crippen LogP contribution < -0.4 is 0 Å². The second kappa shape index (κ2) is 7.81. The average Bonchev–Trinajstić information content (AvgIpc) is 3.50. The molecule has 1 aromatic carbocycles. The Hall–Kier alpha value is -2.92. The molecular weight excluding hydrogens is 515 g/mol. The zero-order valence-electron chi connectivity index (χ0n) is 17.7. The summed E-state index contributed by atoms with van der Waals surface area (Å²) in [6.07, 6.45) is 5.01. The van der Waals surface area contributed by atoms with Gasteiger partial charge in [0.15, 0.2) is 11.3 Å². The van der Waals surface area contributed by atoms with E-state index in [1.165, 1.54) is 16.0 Å². The number of rotatable bonds is 3. The van der Waals surface area contributed by atoms with Crippen molar-refractivity contribution < 1.29 is 9.90 Å². The minimum Gasteiger partial charge on any atom is -0.476 e. The number of aromatic nitrogens is 6. The molecule has 1 aliphatic rings. The molecule has 0 radical (unpaired) electrons. The predicted molar refractivity (Wildman–Crippen MR) is 133 cm³/mol. The lowest BCUT2D eigenvalue weighted by Gasteiger charge is -2.21. The monoisotopic (exact) mass is 528 g/mol. The first kappa shape index (κ1) is 21.6. The van der Waals surface area contributed by atoms with E-state index >= 15 is 0 Å². The van der Waals surface area contributed by atoms with Gasteiger partial charge in [-0.05, 0) is 37.6 Å². The lowest BCUT2D eigenvalue weighted by Crippen LogP contribution is -2.09. The molecule has 1 aliphatic heterocycles. The molecule has 1 N–H and O–H groups in total. The minimum absolute atomic E-state index is 0.0107. The highest BCUT2D eigenvalue weighted by Crippen LogP contribution is 2.53. The Morgan fingerprint density at radius 1 is 1.21 bits per heavy atom. The van der Waals surface area contributed by atoms with Crippen LogP contribution in [0.1, 0.15) is 33.9 Å². The van der Waals surface area contributed by atoms with Gasteiger partial charge in [-0.1, -0.05) is 34.5 Å². The number of aromatic carboxylic acids is 1. The molecule has 0 spiro atoms. The van der Waals surface area contributed by atoms with Crippen LogP contribution >= 0.6 is 46.3 Å². The van der Waals surface area contributed by atoms with E-state index in [0.717, 1.165) is 21.0 Å². The fraction of sp³-hybridized carbons (Fsp3) is 0.136. The molecule has 5 heterocycles. The van der Waals surface area contributed by atoms with E-state index in [2.05, 4.69) is 22.1 Å². The smallest absolute Gasteiger partial charge is 0.355 e. The van der Waals surface area contributed by atoms with Gasteiger partial charge < -0.3 is 5.11 Å². The number of carboxylic acid groups (broad SMARTS) is 1. The van der Waals surface area contributed by atoms with Gasteiger partial charge in [-0.2, -0.15) is 14.9 Å². The molecule has 0 aliphatic carbocycles. The number of hydrogen-bond donors (Lipinski definition) is 1. The summed E-state index contributed by atoms with van der Waals surface area (Å²) in [6, 6.07) is 5.45. The van der Waals surface area contributed by atoms with Crippen molar-refractivity contribution in [2.75, 3.05) is 0 Å². The fourth-order valence-electron chi connectivity index (χ4n) is 4.15. The molecule has 1 atom stereocenters. The summed E-state index contributed by atoms with van der Waals surface area (Å²) in [5.41, 5.74) is 4.85. The maximum absolute atomic E-state index is 12.5. The highest BCUT2D eigenvalue weighted by atomic mass is 35.5. The number of nitrogens with zero attached hydrogens (tertiary/aromatic N) is 6. The van der Waals surface area contributed by atoms with Crippen LogP contribution in [0.2, 0.25) is 10.0 Å². The summed E-state index contributed by atoms with van der Waals surface area (Å²) in [7, 11) is 0. The highest BCUT2D eigenvalue weighted by Gasteiger charge is 2.31. The number of thiazole rings is 1. The number of halogens is 2. The van der Waals surface area contributed by atoms with Gasteiger partial charge in [0.2, 0.25) is 5.13 Å². The summed E-state index contributed by atoms with van der Waals surface area (Å²) in [5, 5.41) is 20.6.